The summed E-state index contributed by atoms with van der Waals surface area (Å²) in [4.78, 5) is 2.14. The number of rotatable bonds is 5. The second kappa shape index (κ2) is 7.62. The lowest BCUT2D eigenvalue weighted by molar-refractivity contribution is 0.767. The fraction of sp³-hybridized carbons (Fsp3) is 0.312. The van der Waals surface area contributed by atoms with Crippen molar-refractivity contribution in [1.82, 2.24) is 0 Å². The molecule has 1 aromatic rings. The maximum absolute atomic E-state index is 9.09. The van der Waals surface area contributed by atoms with Crippen LogP contribution in [0.25, 0.3) is 5.57 Å². The van der Waals surface area contributed by atoms with E-state index in [0.717, 1.165) is 25.1 Å². The summed E-state index contributed by atoms with van der Waals surface area (Å²) in [6.45, 7) is 3.12. The Balaban J connectivity index is 3.04. The summed E-state index contributed by atoms with van der Waals surface area (Å²) in [6.07, 6.45) is 2.26. The number of nitrogens with zero attached hydrogens (tertiary/aromatic N) is 4. The second-order valence-corrected chi connectivity index (χ2v) is 4.41. The summed E-state index contributed by atoms with van der Waals surface area (Å²) < 4.78 is 0. The van der Waals surface area contributed by atoms with E-state index >= 15 is 0 Å². The Hall–Kier alpha value is -2.77. The standard InChI is InChI=1S/C16H16N4/c1-3-4-9-20(2)15-7-5-13(6-8-15)16(12-19)14(10-17)11-18/h5-8H,3-4,9H2,1-2H3. The molecule has 0 aliphatic rings. The van der Waals surface area contributed by atoms with Crippen LogP contribution in [0.2, 0.25) is 0 Å². The number of unbranched alkanes of at least 4 members (excludes halogenated alkanes) is 1. The van der Waals surface area contributed by atoms with Gasteiger partial charge in [0.05, 0.1) is 5.57 Å². The first kappa shape index (κ1) is 15.3. The Morgan fingerprint density at radius 3 is 2.10 bits per heavy atom. The minimum absolute atomic E-state index is 0.123. The highest BCUT2D eigenvalue weighted by molar-refractivity contribution is 5.84. The molecule has 0 bridgehead atoms. The van der Waals surface area contributed by atoms with Gasteiger partial charge in [0.25, 0.3) is 0 Å². The number of anilines is 1. The Kier molecular flexibility index (Phi) is 5.82. The molecule has 0 saturated heterocycles. The van der Waals surface area contributed by atoms with Crippen LogP contribution >= 0.6 is 0 Å². The zero-order valence-electron chi connectivity index (χ0n) is 11.7. The molecule has 0 spiro atoms. The summed E-state index contributed by atoms with van der Waals surface area (Å²) in [6, 6.07) is 12.8. The Labute approximate surface area is 119 Å². The van der Waals surface area contributed by atoms with Crippen molar-refractivity contribution in [3.8, 4) is 18.2 Å². The molecule has 4 nitrogen and oxygen atoms in total. The van der Waals surface area contributed by atoms with Crippen molar-refractivity contribution in [2.45, 2.75) is 19.8 Å². The zero-order valence-corrected chi connectivity index (χ0v) is 11.7. The molecule has 0 atom stereocenters. The van der Waals surface area contributed by atoms with Gasteiger partial charge in [-0.1, -0.05) is 25.5 Å². The lowest BCUT2D eigenvalue weighted by atomic mass is 10.0. The van der Waals surface area contributed by atoms with Gasteiger partial charge in [-0.15, -0.1) is 0 Å². The van der Waals surface area contributed by atoms with Gasteiger partial charge >= 0.3 is 0 Å². The fourth-order valence-corrected chi connectivity index (χ4v) is 1.81. The van der Waals surface area contributed by atoms with Crippen molar-refractivity contribution in [1.29, 1.82) is 15.8 Å². The van der Waals surface area contributed by atoms with Crippen LogP contribution in [-0.2, 0) is 0 Å². The first-order valence-electron chi connectivity index (χ1n) is 6.44. The molecule has 0 saturated carbocycles. The van der Waals surface area contributed by atoms with Gasteiger partial charge in [-0.05, 0) is 24.1 Å². The smallest absolute Gasteiger partial charge is 0.148 e. The SMILES string of the molecule is CCCCN(C)c1ccc(C(C#N)=C(C#N)C#N)cc1. The van der Waals surface area contributed by atoms with Crippen LogP contribution in [0, 0.1) is 34.0 Å². The van der Waals surface area contributed by atoms with Gasteiger partial charge in [0.1, 0.15) is 23.8 Å². The molecular formula is C16H16N4. The van der Waals surface area contributed by atoms with Crippen molar-refractivity contribution >= 4 is 11.3 Å². The lowest BCUT2D eigenvalue weighted by Crippen LogP contribution is -2.18. The quantitative estimate of drug-likeness (QED) is 0.765. The van der Waals surface area contributed by atoms with Gasteiger partial charge in [0, 0.05) is 19.3 Å². The minimum Gasteiger partial charge on any atom is -0.375 e. The van der Waals surface area contributed by atoms with Crippen molar-refractivity contribution in [2.75, 3.05) is 18.5 Å². The molecule has 100 valence electrons. The summed E-state index contributed by atoms with van der Waals surface area (Å²) in [7, 11) is 2.02. The van der Waals surface area contributed by atoms with E-state index in [0.29, 0.717) is 5.56 Å². The van der Waals surface area contributed by atoms with Crippen LogP contribution in [0.4, 0.5) is 5.69 Å². The highest BCUT2D eigenvalue weighted by Crippen LogP contribution is 2.21. The van der Waals surface area contributed by atoms with Gasteiger partial charge in [0.15, 0.2) is 0 Å². The molecule has 0 aromatic heterocycles. The predicted molar refractivity (Wildman–Crippen MR) is 78.4 cm³/mol. The molecule has 0 unspecified atom stereocenters. The molecule has 1 rings (SSSR count). The normalized spacial score (nSPS) is 8.95. The largest absolute Gasteiger partial charge is 0.375 e. The summed E-state index contributed by atoms with van der Waals surface area (Å²) >= 11 is 0. The van der Waals surface area contributed by atoms with E-state index in [1.807, 2.05) is 25.2 Å². The Morgan fingerprint density at radius 2 is 1.65 bits per heavy atom. The first-order chi connectivity index (χ1) is 9.67. The monoisotopic (exact) mass is 264 g/mol. The van der Waals surface area contributed by atoms with Crippen LogP contribution in [0.15, 0.2) is 29.8 Å². The third-order valence-corrected chi connectivity index (χ3v) is 3.03. The van der Waals surface area contributed by atoms with E-state index in [1.165, 1.54) is 0 Å². The van der Waals surface area contributed by atoms with E-state index in [4.69, 9.17) is 15.8 Å². The fourth-order valence-electron chi connectivity index (χ4n) is 1.81. The minimum atomic E-state index is -0.153. The first-order valence-corrected chi connectivity index (χ1v) is 6.44. The summed E-state index contributed by atoms with van der Waals surface area (Å²) in [5.41, 5.74) is 1.62. The zero-order chi connectivity index (χ0) is 15.0. The topological polar surface area (TPSA) is 74.6 Å². The van der Waals surface area contributed by atoms with Crippen molar-refractivity contribution in [2.24, 2.45) is 0 Å². The van der Waals surface area contributed by atoms with Gasteiger partial charge in [-0.3, -0.25) is 0 Å². The number of allylic oxidation sites excluding steroid dienone is 2. The average Bonchev–Trinajstić information content (AvgIpc) is 2.50. The predicted octanol–water partition coefficient (Wildman–Crippen LogP) is 3.25. The van der Waals surface area contributed by atoms with Gasteiger partial charge < -0.3 is 4.90 Å². The molecule has 20 heavy (non-hydrogen) atoms. The number of benzene rings is 1. The van der Waals surface area contributed by atoms with Crippen LogP contribution in [0.3, 0.4) is 0 Å². The van der Waals surface area contributed by atoms with Crippen LogP contribution in [0.1, 0.15) is 25.3 Å². The number of hydrogen-bond donors (Lipinski definition) is 0. The third-order valence-electron chi connectivity index (χ3n) is 3.03. The van der Waals surface area contributed by atoms with Crippen LogP contribution in [0.5, 0.6) is 0 Å². The molecule has 0 radical (unpaired) electrons. The van der Waals surface area contributed by atoms with E-state index in [-0.39, 0.29) is 11.1 Å². The van der Waals surface area contributed by atoms with Crippen LogP contribution < -0.4 is 4.90 Å². The molecular weight excluding hydrogens is 248 g/mol. The number of nitriles is 3. The van der Waals surface area contributed by atoms with Gasteiger partial charge in [-0.2, -0.15) is 15.8 Å². The molecule has 0 N–H and O–H groups in total. The van der Waals surface area contributed by atoms with Crippen molar-refractivity contribution < 1.29 is 0 Å². The van der Waals surface area contributed by atoms with Crippen LogP contribution in [-0.4, -0.2) is 13.6 Å². The van der Waals surface area contributed by atoms with Gasteiger partial charge in [-0.25, -0.2) is 0 Å². The molecule has 1 aromatic carbocycles. The molecule has 4 heteroatoms. The van der Waals surface area contributed by atoms with E-state index in [1.54, 1.807) is 24.3 Å². The molecule has 0 amide bonds. The molecule has 0 aliphatic heterocycles. The molecule has 0 aliphatic carbocycles. The van der Waals surface area contributed by atoms with Crippen molar-refractivity contribution in [3.05, 3.63) is 35.4 Å². The number of hydrogen-bond acceptors (Lipinski definition) is 4. The molecule has 0 heterocycles. The Morgan fingerprint density at radius 1 is 1.05 bits per heavy atom. The second-order valence-electron chi connectivity index (χ2n) is 4.41. The summed E-state index contributed by atoms with van der Waals surface area (Å²) in [5, 5.41) is 26.8. The highest BCUT2D eigenvalue weighted by Gasteiger charge is 2.09. The van der Waals surface area contributed by atoms with E-state index in [9.17, 15) is 0 Å². The highest BCUT2D eigenvalue weighted by atomic mass is 15.1. The molecule has 0 fully saturated rings. The maximum atomic E-state index is 9.09. The van der Waals surface area contributed by atoms with E-state index < -0.39 is 0 Å². The lowest BCUT2D eigenvalue weighted by Gasteiger charge is -2.19. The van der Waals surface area contributed by atoms with Crippen molar-refractivity contribution in [3.63, 3.8) is 0 Å². The summed E-state index contributed by atoms with van der Waals surface area (Å²) in [5.74, 6) is 0. The maximum Gasteiger partial charge on any atom is 0.148 e. The van der Waals surface area contributed by atoms with E-state index in [2.05, 4.69) is 11.8 Å². The third kappa shape index (κ3) is 3.61. The average molecular weight is 264 g/mol. The van der Waals surface area contributed by atoms with Gasteiger partial charge in [0.2, 0.25) is 0 Å². The Bertz CT molecular complexity index is 590.